The van der Waals surface area contributed by atoms with Gasteiger partial charge in [0.2, 0.25) is 5.91 Å². The Morgan fingerprint density at radius 2 is 1.93 bits per heavy atom. The van der Waals surface area contributed by atoms with Crippen LogP contribution in [0.5, 0.6) is 0 Å². The number of aliphatic imine (C=N–C) groups is 1. The third-order valence-electron chi connectivity index (χ3n) is 4.44. The van der Waals surface area contributed by atoms with Crippen molar-refractivity contribution in [1.29, 1.82) is 0 Å². The maximum atomic E-state index is 13.4. The minimum atomic E-state index is -3.58. The summed E-state index contributed by atoms with van der Waals surface area (Å²) in [6, 6.07) is 12.5. The van der Waals surface area contributed by atoms with Crippen LogP contribution in [-0.2, 0) is 20.2 Å². The molecule has 0 bridgehead atoms. The average molecular weight is 389 g/mol. The van der Waals surface area contributed by atoms with Crippen molar-refractivity contribution in [3.05, 3.63) is 65.5 Å². The topological polar surface area (TPSA) is 87.6 Å². The molecule has 0 aromatic heterocycles. The summed E-state index contributed by atoms with van der Waals surface area (Å²) in [4.78, 5) is 16.9. The third kappa shape index (κ3) is 3.85. The molecule has 1 heterocycles. The van der Waals surface area contributed by atoms with Crippen LogP contribution in [0.4, 0.5) is 4.39 Å². The molecule has 2 N–H and O–H groups in total. The Bertz CT molecular complexity index is 1020. The Hall–Kier alpha value is -2.74. The van der Waals surface area contributed by atoms with Gasteiger partial charge in [0.15, 0.2) is 0 Å². The molecule has 0 unspecified atom stereocenters. The minimum absolute atomic E-state index is 0.194. The molecule has 2 aromatic carbocycles. The molecule has 0 radical (unpaired) electrons. The SMILES string of the molecule is CC(C)(C(=O)NCCN=C1NS(=O)(=O)c2ccccc21)c1cccc(F)c1. The highest BCUT2D eigenvalue weighted by atomic mass is 32.2. The molecule has 142 valence electrons. The van der Waals surface area contributed by atoms with Crippen molar-refractivity contribution in [1.82, 2.24) is 10.0 Å². The molecule has 0 saturated heterocycles. The number of benzene rings is 2. The summed E-state index contributed by atoms with van der Waals surface area (Å²) >= 11 is 0. The molecule has 1 amide bonds. The van der Waals surface area contributed by atoms with Crippen molar-refractivity contribution in [3.8, 4) is 0 Å². The first kappa shape index (κ1) is 19.0. The van der Waals surface area contributed by atoms with Crippen molar-refractivity contribution in [2.75, 3.05) is 13.1 Å². The Kier molecular flexibility index (Phi) is 5.01. The predicted octanol–water partition coefficient (Wildman–Crippen LogP) is 1.96. The zero-order valence-corrected chi connectivity index (χ0v) is 15.8. The lowest BCUT2D eigenvalue weighted by atomic mass is 9.83. The Balaban J connectivity index is 1.64. The van der Waals surface area contributed by atoms with Gasteiger partial charge in [-0.3, -0.25) is 14.5 Å². The Labute approximate surface area is 157 Å². The summed E-state index contributed by atoms with van der Waals surface area (Å²) in [5.41, 5.74) is 0.185. The number of rotatable bonds is 5. The van der Waals surface area contributed by atoms with E-state index in [2.05, 4.69) is 15.0 Å². The maximum Gasteiger partial charge on any atom is 0.263 e. The smallest absolute Gasteiger partial charge is 0.263 e. The highest BCUT2D eigenvalue weighted by Crippen LogP contribution is 2.24. The van der Waals surface area contributed by atoms with E-state index in [0.717, 1.165) is 0 Å². The van der Waals surface area contributed by atoms with Gasteiger partial charge < -0.3 is 5.32 Å². The molecule has 0 aliphatic carbocycles. The fourth-order valence-electron chi connectivity index (χ4n) is 2.82. The van der Waals surface area contributed by atoms with Crippen LogP contribution in [-0.4, -0.2) is 33.3 Å². The van der Waals surface area contributed by atoms with E-state index in [0.29, 0.717) is 11.1 Å². The van der Waals surface area contributed by atoms with Gasteiger partial charge in [-0.1, -0.05) is 24.3 Å². The second kappa shape index (κ2) is 7.11. The Morgan fingerprint density at radius 1 is 1.19 bits per heavy atom. The number of hydrogen-bond donors (Lipinski definition) is 2. The van der Waals surface area contributed by atoms with Crippen LogP contribution < -0.4 is 10.0 Å². The van der Waals surface area contributed by atoms with Gasteiger partial charge in [0.25, 0.3) is 10.0 Å². The van der Waals surface area contributed by atoms with Gasteiger partial charge in [0, 0.05) is 12.1 Å². The fourth-order valence-corrected chi connectivity index (χ4v) is 4.07. The summed E-state index contributed by atoms with van der Waals surface area (Å²) in [5, 5.41) is 2.76. The number of sulfonamides is 1. The van der Waals surface area contributed by atoms with E-state index in [9.17, 15) is 17.6 Å². The molecule has 0 atom stereocenters. The first-order valence-corrected chi connectivity index (χ1v) is 9.91. The van der Waals surface area contributed by atoms with E-state index in [-0.39, 0.29) is 29.7 Å². The van der Waals surface area contributed by atoms with Gasteiger partial charge in [0.05, 0.1) is 16.9 Å². The van der Waals surface area contributed by atoms with Gasteiger partial charge >= 0.3 is 0 Å². The number of nitrogens with zero attached hydrogens (tertiary/aromatic N) is 1. The molecular formula is C19H20FN3O3S. The van der Waals surface area contributed by atoms with E-state index in [4.69, 9.17) is 0 Å². The van der Waals surface area contributed by atoms with Crippen LogP contribution in [0.3, 0.4) is 0 Å². The van der Waals surface area contributed by atoms with Gasteiger partial charge in [-0.2, -0.15) is 0 Å². The molecule has 2 aromatic rings. The zero-order chi connectivity index (χ0) is 19.7. The monoisotopic (exact) mass is 389 g/mol. The number of carbonyl (C=O) groups is 1. The number of amidine groups is 1. The minimum Gasteiger partial charge on any atom is -0.353 e. The van der Waals surface area contributed by atoms with Crippen LogP contribution in [0, 0.1) is 5.82 Å². The first-order valence-electron chi connectivity index (χ1n) is 8.43. The molecule has 6 nitrogen and oxygen atoms in total. The lowest BCUT2D eigenvalue weighted by Crippen LogP contribution is -2.41. The maximum absolute atomic E-state index is 13.4. The van der Waals surface area contributed by atoms with E-state index in [1.165, 1.54) is 18.2 Å². The van der Waals surface area contributed by atoms with Crippen LogP contribution in [0.15, 0.2) is 58.4 Å². The summed E-state index contributed by atoms with van der Waals surface area (Å²) in [6.45, 7) is 3.86. The molecule has 1 aliphatic heterocycles. The van der Waals surface area contributed by atoms with Crippen LogP contribution in [0.25, 0.3) is 0 Å². The molecule has 27 heavy (non-hydrogen) atoms. The molecule has 0 spiro atoms. The molecule has 0 fully saturated rings. The van der Waals surface area contributed by atoms with Gasteiger partial charge in [-0.05, 0) is 43.7 Å². The summed E-state index contributed by atoms with van der Waals surface area (Å²) in [6.07, 6.45) is 0. The van der Waals surface area contributed by atoms with Gasteiger partial charge in [-0.25, -0.2) is 12.8 Å². The number of amides is 1. The number of carbonyl (C=O) groups excluding carboxylic acids is 1. The number of fused-ring (bicyclic) bond motifs is 1. The Morgan fingerprint density at radius 3 is 2.67 bits per heavy atom. The van der Waals surface area contributed by atoms with E-state index < -0.39 is 21.3 Å². The van der Waals surface area contributed by atoms with Crippen molar-refractivity contribution in [2.45, 2.75) is 24.2 Å². The fraction of sp³-hybridized carbons (Fsp3) is 0.263. The molecule has 3 rings (SSSR count). The quantitative estimate of drug-likeness (QED) is 0.767. The number of nitrogens with one attached hydrogen (secondary N) is 2. The van der Waals surface area contributed by atoms with Crippen molar-refractivity contribution in [3.63, 3.8) is 0 Å². The molecule has 8 heteroatoms. The largest absolute Gasteiger partial charge is 0.353 e. The number of halogens is 1. The van der Waals surface area contributed by atoms with Crippen LogP contribution >= 0.6 is 0 Å². The van der Waals surface area contributed by atoms with Gasteiger partial charge in [0.1, 0.15) is 11.7 Å². The van der Waals surface area contributed by atoms with Crippen LogP contribution in [0.1, 0.15) is 25.0 Å². The third-order valence-corrected chi connectivity index (χ3v) is 5.84. The van der Waals surface area contributed by atoms with Gasteiger partial charge in [-0.15, -0.1) is 0 Å². The van der Waals surface area contributed by atoms with E-state index in [1.54, 1.807) is 44.2 Å². The van der Waals surface area contributed by atoms with Crippen molar-refractivity contribution < 1.29 is 17.6 Å². The molecule has 1 aliphatic rings. The summed E-state index contributed by atoms with van der Waals surface area (Å²) < 4.78 is 39.9. The predicted molar refractivity (Wildman–Crippen MR) is 101 cm³/mol. The highest BCUT2D eigenvalue weighted by molar-refractivity contribution is 7.90. The standard InChI is InChI=1S/C19H20FN3O3S/c1-19(2,13-6-5-7-14(20)12-13)18(24)22-11-10-21-17-15-8-3-4-9-16(15)27(25,26)23-17/h3-9,12H,10-11H2,1-2H3,(H,21,23)(H,22,24). The number of hydrogen-bond acceptors (Lipinski definition) is 4. The van der Waals surface area contributed by atoms with Crippen LogP contribution in [0.2, 0.25) is 0 Å². The molecular weight excluding hydrogens is 369 g/mol. The highest BCUT2D eigenvalue weighted by Gasteiger charge is 2.31. The lowest BCUT2D eigenvalue weighted by molar-refractivity contribution is -0.125. The molecule has 0 saturated carbocycles. The zero-order valence-electron chi connectivity index (χ0n) is 15.0. The average Bonchev–Trinajstić information content (AvgIpc) is 2.89. The first-order chi connectivity index (χ1) is 12.7. The second-order valence-corrected chi connectivity index (χ2v) is 8.37. The van der Waals surface area contributed by atoms with Crippen molar-refractivity contribution >= 4 is 21.8 Å². The van der Waals surface area contributed by atoms with Crippen molar-refractivity contribution in [2.24, 2.45) is 4.99 Å². The normalized spacial score (nSPS) is 16.6. The summed E-state index contributed by atoms with van der Waals surface area (Å²) in [7, 11) is -3.58. The lowest BCUT2D eigenvalue weighted by Gasteiger charge is -2.24. The second-order valence-electron chi connectivity index (χ2n) is 6.72. The van der Waals surface area contributed by atoms with E-state index in [1.807, 2.05) is 0 Å². The van der Waals surface area contributed by atoms with E-state index >= 15 is 0 Å². The summed E-state index contributed by atoms with van der Waals surface area (Å²) in [5.74, 6) is -0.392.